The van der Waals surface area contributed by atoms with Gasteiger partial charge in [-0.05, 0) is 31.2 Å². The van der Waals surface area contributed by atoms with Crippen molar-refractivity contribution in [2.24, 2.45) is 10.2 Å². The van der Waals surface area contributed by atoms with Gasteiger partial charge in [-0.3, -0.25) is 0 Å². The normalized spacial score (nSPS) is 10.8. The van der Waals surface area contributed by atoms with Gasteiger partial charge in [0.15, 0.2) is 0 Å². The summed E-state index contributed by atoms with van der Waals surface area (Å²) in [6.07, 6.45) is 5.16. The fourth-order valence-corrected chi connectivity index (χ4v) is 2.78. The lowest BCUT2D eigenvalue weighted by Crippen LogP contribution is -2.21. The maximum atomic E-state index is 10.1. The average Bonchev–Trinajstić information content (AvgIpc) is 2.96. The molecule has 1 N–H and O–H groups in total. The Hall–Kier alpha value is -2.11. The van der Waals surface area contributed by atoms with Crippen LogP contribution >= 0.6 is 23.3 Å². The summed E-state index contributed by atoms with van der Waals surface area (Å²) in [5.41, 5.74) is 1.34. The van der Waals surface area contributed by atoms with E-state index >= 15 is 0 Å². The molecule has 0 radical (unpaired) electrons. The van der Waals surface area contributed by atoms with Gasteiger partial charge in [0.05, 0.1) is 0 Å². The van der Waals surface area contributed by atoms with Crippen molar-refractivity contribution in [1.29, 1.82) is 0 Å². The molecule has 114 valence electrons. The fourth-order valence-electron chi connectivity index (χ4n) is 1.82. The molecule has 0 aliphatic heterocycles. The Balaban J connectivity index is 2.15. The van der Waals surface area contributed by atoms with Crippen molar-refractivity contribution in [3.8, 4) is 17.4 Å². The molecule has 1 heterocycles. The van der Waals surface area contributed by atoms with E-state index in [9.17, 15) is 5.11 Å². The van der Waals surface area contributed by atoms with Crippen LogP contribution in [0.1, 0.15) is 13.8 Å². The zero-order valence-electron chi connectivity index (χ0n) is 12.2. The molecule has 0 saturated heterocycles. The summed E-state index contributed by atoms with van der Waals surface area (Å²) in [5, 5.41) is 21.3. The quantitative estimate of drug-likeness (QED) is 0.487. The van der Waals surface area contributed by atoms with E-state index in [2.05, 4.69) is 43.6 Å². The van der Waals surface area contributed by atoms with E-state index in [1.165, 1.54) is 0 Å². The van der Waals surface area contributed by atoms with Gasteiger partial charge in [-0.25, -0.2) is 0 Å². The van der Waals surface area contributed by atoms with Crippen molar-refractivity contribution in [2.75, 3.05) is 18.0 Å². The third kappa shape index (κ3) is 3.96. The number of nitrogens with zero attached hydrogens (tertiary/aromatic N) is 5. The molecule has 8 heteroatoms. The van der Waals surface area contributed by atoms with E-state index in [0.717, 1.165) is 42.1 Å². The standard InChI is InChI=1S/C14H15N5OS2/c1-4-19(5-2)10-7-8-11(12(20)9-10)16-17-13-15-14(18-22-13)21-6-3/h3,7-9,20H,4-5H2,1-2H3. The van der Waals surface area contributed by atoms with E-state index < -0.39 is 0 Å². The van der Waals surface area contributed by atoms with Crippen LogP contribution in [0.2, 0.25) is 0 Å². The summed E-state index contributed by atoms with van der Waals surface area (Å²) < 4.78 is 4.03. The van der Waals surface area contributed by atoms with Crippen molar-refractivity contribution >= 4 is 39.8 Å². The highest BCUT2D eigenvalue weighted by molar-refractivity contribution is 8.03. The number of phenolic OH excluding ortho intramolecular Hbond substituents is 1. The van der Waals surface area contributed by atoms with Gasteiger partial charge in [-0.15, -0.1) is 16.7 Å². The molecule has 0 fully saturated rings. The predicted octanol–water partition coefficient (Wildman–Crippen LogP) is 4.19. The Labute approximate surface area is 137 Å². The van der Waals surface area contributed by atoms with Crippen molar-refractivity contribution in [2.45, 2.75) is 19.0 Å². The summed E-state index contributed by atoms with van der Waals surface area (Å²) in [4.78, 5) is 6.23. The number of azo groups is 1. The summed E-state index contributed by atoms with van der Waals surface area (Å²) in [7, 11) is 0. The number of hydrogen-bond donors (Lipinski definition) is 1. The lowest BCUT2D eigenvalue weighted by molar-refractivity contribution is 0.476. The summed E-state index contributed by atoms with van der Waals surface area (Å²) in [6.45, 7) is 5.87. The topological polar surface area (TPSA) is 74.0 Å². The Morgan fingerprint density at radius 2 is 2.14 bits per heavy atom. The third-order valence-electron chi connectivity index (χ3n) is 2.88. The number of rotatable bonds is 6. The highest BCUT2D eigenvalue weighted by atomic mass is 32.2. The first-order chi connectivity index (χ1) is 10.7. The molecule has 0 bridgehead atoms. The minimum Gasteiger partial charge on any atom is -0.506 e. The second-order valence-corrected chi connectivity index (χ2v) is 5.66. The smallest absolute Gasteiger partial charge is 0.250 e. The van der Waals surface area contributed by atoms with E-state index in [4.69, 9.17) is 6.42 Å². The molecule has 1 aromatic heterocycles. The van der Waals surface area contributed by atoms with E-state index in [0.29, 0.717) is 16.0 Å². The second-order valence-electron chi connectivity index (χ2n) is 4.12. The van der Waals surface area contributed by atoms with Crippen LogP contribution in [0.25, 0.3) is 0 Å². The van der Waals surface area contributed by atoms with Crippen LogP contribution < -0.4 is 4.90 Å². The van der Waals surface area contributed by atoms with E-state index in [1.807, 2.05) is 6.07 Å². The molecule has 6 nitrogen and oxygen atoms in total. The molecule has 0 spiro atoms. The molecule has 0 aliphatic rings. The maximum Gasteiger partial charge on any atom is 0.250 e. The molecule has 0 aliphatic carbocycles. The Morgan fingerprint density at radius 1 is 1.36 bits per heavy atom. The average molecular weight is 333 g/mol. The van der Waals surface area contributed by atoms with Gasteiger partial charge in [-0.1, -0.05) is 0 Å². The first-order valence-corrected chi connectivity index (χ1v) is 8.22. The Bertz CT molecular complexity index is 703. The largest absolute Gasteiger partial charge is 0.506 e. The van der Waals surface area contributed by atoms with E-state index in [1.54, 1.807) is 12.1 Å². The van der Waals surface area contributed by atoms with Gasteiger partial charge in [0.1, 0.15) is 11.4 Å². The number of aromatic hydroxyl groups is 1. The van der Waals surface area contributed by atoms with Gasteiger partial charge < -0.3 is 10.0 Å². The molecule has 0 atom stereocenters. The predicted molar refractivity (Wildman–Crippen MR) is 90.4 cm³/mol. The summed E-state index contributed by atoms with van der Waals surface area (Å²) >= 11 is 2.19. The zero-order chi connectivity index (χ0) is 15.9. The van der Waals surface area contributed by atoms with Crippen LogP contribution in [-0.2, 0) is 0 Å². The van der Waals surface area contributed by atoms with Crippen LogP contribution in [-0.4, -0.2) is 27.6 Å². The van der Waals surface area contributed by atoms with Crippen molar-refractivity contribution in [3.63, 3.8) is 0 Å². The molecule has 2 rings (SSSR count). The second kappa shape index (κ2) is 7.77. The number of hydrogen-bond acceptors (Lipinski definition) is 8. The SMILES string of the molecule is C#CSc1nsc(N=Nc2ccc(N(CC)CC)cc2O)n1. The number of aromatic nitrogens is 2. The molecule has 1 aromatic carbocycles. The number of benzene rings is 1. The van der Waals surface area contributed by atoms with Crippen LogP contribution in [0.15, 0.2) is 33.6 Å². The van der Waals surface area contributed by atoms with Gasteiger partial charge in [0.2, 0.25) is 10.3 Å². The van der Waals surface area contributed by atoms with Gasteiger partial charge in [-0.2, -0.15) is 9.36 Å². The van der Waals surface area contributed by atoms with Crippen molar-refractivity contribution in [3.05, 3.63) is 18.2 Å². The minimum atomic E-state index is 0.0795. The molecule has 2 aromatic rings. The molecule has 0 unspecified atom stereocenters. The number of terminal acetylenes is 1. The monoisotopic (exact) mass is 333 g/mol. The number of anilines is 1. The molecule has 22 heavy (non-hydrogen) atoms. The lowest BCUT2D eigenvalue weighted by atomic mass is 10.2. The third-order valence-corrected chi connectivity index (χ3v) is 4.08. The number of thioether (sulfide) groups is 1. The van der Waals surface area contributed by atoms with Gasteiger partial charge >= 0.3 is 0 Å². The Kier molecular flexibility index (Phi) is 5.75. The van der Waals surface area contributed by atoms with Crippen LogP contribution in [0.3, 0.4) is 0 Å². The Morgan fingerprint density at radius 3 is 2.77 bits per heavy atom. The highest BCUT2D eigenvalue weighted by Gasteiger charge is 2.07. The molecular weight excluding hydrogens is 318 g/mol. The van der Waals surface area contributed by atoms with E-state index in [-0.39, 0.29) is 5.75 Å². The van der Waals surface area contributed by atoms with Gasteiger partial charge in [0.25, 0.3) is 0 Å². The summed E-state index contributed by atoms with van der Waals surface area (Å²) in [5.74, 6) is 0.0795. The summed E-state index contributed by atoms with van der Waals surface area (Å²) in [6, 6.07) is 5.31. The van der Waals surface area contributed by atoms with Gasteiger partial charge in [0, 0.05) is 48.1 Å². The lowest BCUT2D eigenvalue weighted by Gasteiger charge is -2.21. The first-order valence-electron chi connectivity index (χ1n) is 6.63. The molecule has 0 amide bonds. The van der Waals surface area contributed by atoms with Crippen LogP contribution in [0.4, 0.5) is 16.5 Å². The number of phenols is 1. The zero-order valence-corrected chi connectivity index (χ0v) is 13.9. The molecular formula is C14H15N5OS2. The van der Waals surface area contributed by atoms with Crippen LogP contribution in [0.5, 0.6) is 5.75 Å². The van der Waals surface area contributed by atoms with Crippen LogP contribution in [0, 0.1) is 11.7 Å². The van der Waals surface area contributed by atoms with Crippen molar-refractivity contribution in [1.82, 2.24) is 9.36 Å². The first kappa shape index (κ1) is 16.3. The fraction of sp³-hybridized carbons (Fsp3) is 0.286. The molecule has 0 saturated carbocycles. The maximum absolute atomic E-state index is 10.1. The minimum absolute atomic E-state index is 0.0795. The highest BCUT2D eigenvalue weighted by Crippen LogP contribution is 2.32. The van der Waals surface area contributed by atoms with Crippen molar-refractivity contribution < 1.29 is 5.11 Å².